The Morgan fingerprint density at radius 2 is 1.55 bits per heavy atom. The molecule has 0 heterocycles. The van der Waals surface area contributed by atoms with Gasteiger partial charge in [0.25, 0.3) is 0 Å². The lowest BCUT2D eigenvalue weighted by Gasteiger charge is -2.31. The molecule has 2 aromatic carbocycles. The Bertz CT molecular complexity index is 1110. The fourth-order valence-corrected chi connectivity index (χ4v) is 5.62. The summed E-state index contributed by atoms with van der Waals surface area (Å²) in [5.41, 5.74) is 1.12. The number of benzene rings is 2. The Kier molecular flexibility index (Phi) is 9.93. The molecule has 2 aromatic rings. The zero-order chi connectivity index (χ0) is 26.9. The molecule has 2 aliphatic rings. The van der Waals surface area contributed by atoms with Gasteiger partial charge in [-0.1, -0.05) is 49.0 Å². The third-order valence-electron chi connectivity index (χ3n) is 7.83. The summed E-state index contributed by atoms with van der Waals surface area (Å²) < 4.78 is 16.5. The van der Waals surface area contributed by atoms with Gasteiger partial charge in [-0.2, -0.15) is 0 Å². The summed E-state index contributed by atoms with van der Waals surface area (Å²) in [6.45, 7) is 5.94. The quantitative estimate of drug-likeness (QED) is 0.255. The molecule has 0 radical (unpaired) electrons. The van der Waals surface area contributed by atoms with E-state index in [1.807, 2.05) is 25.1 Å². The highest BCUT2D eigenvalue weighted by Gasteiger charge is 2.32. The maximum Gasteiger partial charge on any atom is 0.330 e. The van der Waals surface area contributed by atoms with Crippen LogP contribution in [0.5, 0.6) is 0 Å². The van der Waals surface area contributed by atoms with Crippen molar-refractivity contribution in [1.82, 2.24) is 5.32 Å². The smallest absolute Gasteiger partial charge is 0.330 e. The summed E-state index contributed by atoms with van der Waals surface area (Å²) in [6.07, 6.45) is 7.02. The highest BCUT2D eigenvalue weighted by Crippen LogP contribution is 2.32. The van der Waals surface area contributed by atoms with Crippen molar-refractivity contribution in [1.29, 1.82) is 0 Å². The second-order valence-corrected chi connectivity index (χ2v) is 10.4. The maximum absolute atomic E-state index is 13.0. The molecular weight excluding hydrogens is 482 g/mol. The number of fused-ring (bicyclic) bond motifs is 1. The Balaban J connectivity index is 1.15. The molecule has 2 saturated carbocycles. The van der Waals surface area contributed by atoms with E-state index in [1.54, 1.807) is 0 Å². The minimum atomic E-state index is -0.454. The Labute approximate surface area is 224 Å². The summed E-state index contributed by atoms with van der Waals surface area (Å²) in [5, 5.41) is 5.54. The molecule has 1 N–H and O–H groups in total. The van der Waals surface area contributed by atoms with Crippen LogP contribution in [0.3, 0.4) is 0 Å². The van der Waals surface area contributed by atoms with Gasteiger partial charge in [0, 0.05) is 12.0 Å². The van der Waals surface area contributed by atoms with Crippen LogP contribution in [0.15, 0.2) is 55.1 Å². The van der Waals surface area contributed by atoms with E-state index in [9.17, 15) is 14.4 Å². The number of hydrogen-bond donors (Lipinski definition) is 1. The van der Waals surface area contributed by atoms with Crippen molar-refractivity contribution in [2.45, 2.75) is 76.5 Å². The Morgan fingerprint density at radius 1 is 0.895 bits per heavy atom. The van der Waals surface area contributed by atoms with Crippen molar-refractivity contribution in [2.24, 2.45) is 11.8 Å². The molecule has 38 heavy (non-hydrogen) atoms. The zero-order valence-corrected chi connectivity index (χ0v) is 22.2. The van der Waals surface area contributed by atoms with Gasteiger partial charge in [0.05, 0.1) is 24.7 Å². The van der Waals surface area contributed by atoms with E-state index in [2.05, 4.69) is 36.2 Å². The zero-order valence-electron chi connectivity index (χ0n) is 22.2. The molecule has 2 fully saturated rings. The predicted molar refractivity (Wildman–Crippen MR) is 145 cm³/mol. The van der Waals surface area contributed by atoms with Crippen molar-refractivity contribution in [3.8, 4) is 0 Å². The monoisotopic (exact) mass is 521 g/mol. The summed E-state index contributed by atoms with van der Waals surface area (Å²) in [7, 11) is 0. The first-order valence-corrected chi connectivity index (χ1v) is 13.8. The van der Waals surface area contributed by atoms with E-state index < -0.39 is 5.97 Å². The second kappa shape index (κ2) is 13.6. The van der Waals surface area contributed by atoms with Crippen LogP contribution in [0.1, 0.15) is 69.9 Å². The highest BCUT2D eigenvalue weighted by atomic mass is 16.6. The molecule has 204 valence electrons. The van der Waals surface area contributed by atoms with Crippen LogP contribution in [0, 0.1) is 11.8 Å². The van der Waals surface area contributed by atoms with Gasteiger partial charge in [-0.05, 0) is 74.6 Å². The first kappa shape index (κ1) is 27.8. The molecule has 7 nitrogen and oxygen atoms in total. The molecule has 0 aromatic heterocycles. The van der Waals surface area contributed by atoms with Gasteiger partial charge in [0.15, 0.2) is 0 Å². The van der Waals surface area contributed by atoms with E-state index in [0.717, 1.165) is 55.6 Å². The molecule has 4 rings (SSSR count). The fourth-order valence-electron chi connectivity index (χ4n) is 5.62. The molecule has 0 bridgehead atoms. The van der Waals surface area contributed by atoms with Crippen molar-refractivity contribution in [3.63, 3.8) is 0 Å². The van der Waals surface area contributed by atoms with Crippen LogP contribution in [0.25, 0.3) is 10.8 Å². The topological polar surface area (TPSA) is 90.9 Å². The van der Waals surface area contributed by atoms with Gasteiger partial charge in [-0.3, -0.25) is 9.59 Å². The van der Waals surface area contributed by atoms with Gasteiger partial charge >= 0.3 is 11.9 Å². The summed E-state index contributed by atoms with van der Waals surface area (Å²) in [6, 6.07) is 14.3. The van der Waals surface area contributed by atoms with E-state index in [-0.39, 0.29) is 48.6 Å². The van der Waals surface area contributed by atoms with Gasteiger partial charge in [-0.15, -0.1) is 0 Å². The van der Waals surface area contributed by atoms with Gasteiger partial charge in [-0.25, -0.2) is 4.79 Å². The third-order valence-corrected chi connectivity index (χ3v) is 7.83. The van der Waals surface area contributed by atoms with E-state index >= 15 is 0 Å². The Hall–Kier alpha value is -3.19. The molecule has 1 atom stereocenters. The van der Waals surface area contributed by atoms with Crippen molar-refractivity contribution in [2.75, 3.05) is 13.2 Å². The van der Waals surface area contributed by atoms with Crippen LogP contribution in [-0.2, 0) is 28.6 Å². The lowest BCUT2D eigenvalue weighted by molar-refractivity contribution is -0.158. The van der Waals surface area contributed by atoms with Crippen molar-refractivity contribution < 1.29 is 28.6 Å². The van der Waals surface area contributed by atoms with Crippen LogP contribution in [0.2, 0.25) is 0 Å². The van der Waals surface area contributed by atoms with Gasteiger partial charge < -0.3 is 19.5 Å². The van der Waals surface area contributed by atoms with Crippen LogP contribution in [0.4, 0.5) is 0 Å². The van der Waals surface area contributed by atoms with E-state index in [0.29, 0.717) is 19.4 Å². The normalized spacial score (nSPS) is 24.2. The molecule has 2 aliphatic carbocycles. The summed E-state index contributed by atoms with van der Waals surface area (Å²) in [5.74, 6) is -0.657. The van der Waals surface area contributed by atoms with Crippen molar-refractivity contribution >= 4 is 28.6 Å². The SMILES string of the molecule is C=CC(=O)OCCOC1CCC(C(=O)OC2CCC(C(=O)N[C@@H](C)c3cccc4ccccc34)CC2)CC1. The molecule has 0 spiro atoms. The second-order valence-electron chi connectivity index (χ2n) is 10.4. The fraction of sp³-hybridized carbons (Fsp3) is 0.516. The minimum Gasteiger partial charge on any atom is -0.462 e. The largest absolute Gasteiger partial charge is 0.462 e. The number of hydrogen-bond acceptors (Lipinski definition) is 6. The highest BCUT2D eigenvalue weighted by molar-refractivity contribution is 5.87. The first-order valence-electron chi connectivity index (χ1n) is 13.8. The maximum atomic E-state index is 13.0. The molecule has 7 heteroatoms. The van der Waals surface area contributed by atoms with Gasteiger partial charge in [0.1, 0.15) is 12.7 Å². The Morgan fingerprint density at radius 3 is 2.29 bits per heavy atom. The number of nitrogens with one attached hydrogen (secondary N) is 1. The standard InChI is InChI=1S/C31H39NO6/c1-3-29(33)37-20-19-36-25-15-13-24(14-16-25)31(35)38-26-17-11-23(12-18-26)30(34)32-21(2)27-10-6-8-22-7-4-5-9-28(22)27/h3-10,21,23-26H,1,11-20H2,2H3,(H,32,34)/t21-,23?,24?,25?,26?/m0/s1. The summed E-state index contributed by atoms with van der Waals surface area (Å²) >= 11 is 0. The van der Waals surface area contributed by atoms with Crippen LogP contribution < -0.4 is 5.32 Å². The number of carbonyl (C=O) groups excluding carboxylic acids is 3. The number of amides is 1. The molecule has 0 aliphatic heterocycles. The lowest BCUT2D eigenvalue weighted by Crippen LogP contribution is -2.37. The van der Waals surface area contributed by atoms with E-state index in [4.69, 9.17) is 14.2 Å². The van der Waals surface area contributed by atoms with Crippen LogP contribution in [-0.4, -0.2) is 43.3 Å². The van der Waals surface area contributed by atoms with E-state index in [1.165, 1.54) is 5.39 Å². The average Bonchev–Trinajstić information content (AvgIpc) is 2.95. The molecule has 1 amide bonds. The summed E-state index contributed by atoms with van der Waals surface area (Å²) in [4.78, 5) is 36.8. The number of ether oxygens (including phenoxy) is 3. The number of rotatable bonds is 10. The minimum absolute atomic E-state index is 0.0549. The average molecular weight is 522 g/mol. The molecule has 0 saturated heterocycles. The van der Waals surface area contributed by atoms with Crippen LogP contribution >= 0.6 is 0 Å². The number of carbonyl (C=O) groups is 3. The molecule has 0 unspecified atom stereocenters. The lowest BCUT2D eigenvalue weighted by atomic mass is 9.85. The predicted octanol–water partition coefficient (Wildman–Crippen LogP) is 5.42. The third kappa shape index (κ3) is 7.44. The van der Waals surface area contributed by atoms with Crippen molar-refractivity contribution in [3.05, 3.63) is 60.7 Å². The first-order chi connectivity index (χ1) is 18.4. The number of esters is 2. The molecular formula is C31H39NO6. The van der Waals surface area contributed by atoms with Gasteiger partial charge in [0.2, 0.25) is 5.91 Å².